The van der Waals surface area contributed by atoms with E-state index in [0.717, 1.165) is 6.54 Å². The molecule has 2 aliphatic rings. The van der Waals surface area contributed by atoms with Crippen molar-refractivity contribution in [1.82, 2.24) is 9.80 Å². The predicted molar refractivity (Wildman–Crippen MR) is 66.7 cm³/mol. The van der Waals surface area contributed by atoms with Gasteiger partial charge in [0.15, 0.2) is 0 Å². The van der Waals surface area contributed by atoms with E-state index < -0.39 is 6.10 Å². The summed E-state index contributed by atoms with van der Waals surface area (Å²) in [6.07, 6.45) is 3.51. The molecule has 2 fully saturated rings. The number of aliphatic hydroxyl groups excluding tert-OH is 1. The van der Waals surface area contributed by atoms with Crippen LogP contribution < -0.4 is 0 Å². The van der Waals surface area contributed by atoms with Crippen LogP contribution in [0.2, 0.25) is 0 Å². The maximum atomic E-state index is 11.6. The van der Waals surface area contributed by atoms with Crippen molar-refractivity contribution in [3.8, 4) is 0 Å². The molecule has 2 rings (SSSR count). The highest BCUT2D eigenvalue weighted by Gasteiger charge is 2.30. The largest absolute Gasteiger partial charge is 0.391 e. The highest BCUT2D eigenvalue weighted by Crippen LogP contribution is 2.21. The molecular formula is C13H24N2O2. The Kier molecular flexibility index (Phi) is 4.40. The normalized spacial score (nSPS) is 28.0. The number of piperidine rings is 1. The Morgan fingerprint density at radius 3 is 2.59 bits per heavy atom. The molecule has 1 unspecified atom stereocenters. The fourth-order valence-corrected chi connectivity index (χ4v) is 2.95. The second kappa shape index (κ2) is 5.83. The number of carbonyl (C=O) groups excluding carboxylic acids is 1. The topological polar surface area (TPSA) is 43.8 Å². The van der Waals surface area contributed by atoms with E-state index in [2.05, 4.69) is 11.8 Å². The third kappa shape index (κ3) is 3.42. The van der Waals surface area contributed by atoms with Crippen molar-refractivity contribution in [2.75, 3.05) is 32.7 Å². The molecule has 0 radical (unpaired) electrons. The molecule has 0 aromatic heterocycles. The maximum absolute atomic E-state index is 11.6. The standard InChI is InChI=1S/C13H24N2O2/c1-2-5-14-6-3-11(4-7-14)9-15-10-12(16)8-13(15)17/h11-12,16H,2-10H2,1H3. The Balaban J connectivity index is 1.73. The molecule has 98 valence electrons. The Bertz CT molecular complexity index is 262. The first kappa shape index (κ1) is 12.8. The number of likely N-dealkylation sites (tertiary alicyclic amines) is 2. The molecule has 0 spiro atoms. The highest BCUT2D eigenvalue weighted by molar-refractivity contribution is 5.79. The number of β-amino-alcohol motifs (C(OH)–C–C–N with tert-alkyl or cyclic N) is 1. The van der Waals surface area contributed by atoms with E-state index in [4.69, 9.17) is 0 Å². The molecule has 1 amide bonds. The average molecular weight is 240 g/mol. The van der Waals surface area contributed by atoms with E-state index >= 15 is 0 Å². The molecule has 1 atom stereocenters. The Labute approximate surface area is 104 Å². The van der Waals surface area contributed by atoms with Gasteiger partial charge in [-0.25, -0.2) is 0 Å². The van der Waals surface area contributed by atoms with Crippen LogP contribution in [-0.4, -0.2) is 59.6 Å². The lowest BCUT2D eigenvalue weighted by atomic mass is 9.96. The van der Waals surface area contributed by atoms with Gasteiger partial charge in [0, 0.05) is 13.1 Å². The number of aliphatic hydroxyl groups is 1. The van der Waals surface area contributed by atoms with Gasteiger partial charge in [0.1, 0.15) is 0 Å². The van der Waals surface area contributed by atoms with Gasteiger partial charge in [0.25, 0.3) is 0 Å². The summed E-state index contributed by atoms with van der Waals surface area (Å²) in [4.78, 5) is 15.9. The van der Waals surface area contributed by atoms with Crippen LogP contribution in [0.5, 0.6) is 0 Å². The minimum absolute atomic E-state index is 0.133. The maximum Gasteiger partial charge on any atom is 0.225 e. The molecule has 2 aliphatic heterocycles. The minimum atomic E-state index is -0.428. The van der Waals surface area contributed by atoms with Crippen molar-refractivity contribution >= 4 is 5.91 Å². The Hall–Kier alpha value is -0.610. The highest BCUT2D eigenvalue weighted by atomic mass is 16.3. The van der Waals surface area contributed by atoms with Crippen molar-refractivity contribution in [2.24, 2.45) is 5.92 Å². The zero-order valence-corrected chi connectivity index (χ0v) is 10.8. The van der Waals surface area contributed by atoms with Crippen LogP contribution in [0.1, 0.15) is 32.6 Å². The van der Waals surface area contributed by atoms with E-state index in [1.54, 1.807) is 0 Å². The lowest BCUT2D eigenvalue weighted by Gasteiger charge is -2.33. The first-order valence-corrected chi connectivity index (χ1v) is 6.87. The molecule has 0 aromatic carbocycles. The van der Waals surface area contributed by atoms with Gasteiger partial charge in [-0.2, -0.15) is 0 Å². The third-order valence-corrected chi connectivity index (χ3v) is 3.92. The van der Waals surface area contributed by atoms with Gasteiger partial charge in [0.2, 0.25) is 5.91 Å². The quantitative estimate of drug-likeness (QED) is 0.787. The van der Waals surface area contributed by atoms with Crippen molar-refractivity contribution in [2.45, 2.75) is 38.7 Å². The number of nitrogens with zero attached hydrogens (tertiary/aromatic N) is 2. The van der Waals surface area contributed by atoms with E-state index in [9.17, 15) is 9.90 Å². The van der Waals surface area contributed by atoms with Crippen molar-refractivity contribution < 1.29 is 9.90 Å². The first-order chi connectivity index (χ1) is 8.19. The van der Waals surface area contributed by atoms with Crippen LogP contribution in [0.15, 0.2) is 0 Å². The number of carbonyl (C=O) groups is 1. The molecular weight excluding hydrogens is 216 g/mol. The fourth-order valence-electron chi connectivity index (χ4n) is 2.95. The number of amides is 1. The summed E-state index contributed by atoms with van der Waals surface area (Å²) in [7, 11) is 0. The van der Waals surface area contributed by atoms with Gasteiger partial charge in [-0.15, -0.1) is 0 Å². The van der Waals surface area contributed by atoms with Crippen molar-refractivity contribution in [3.05, 3.63) is 0 Å². The summed E-state index contributed by atoms with van der Waals surface area (Å²) >= 11 is 0. The van der Waals surface area contributed by atoms with Gasteiger partial charge in [-0.1, -0.05) is 6.92 Å². The lowest BCUT2D eigenvalue weighted by molar-refractivity contribution is -0.128. The smallest absolute Gasteiger partial charge is 0.225 e. The molecule has 0 aliphatic carbocycles. The second-order valence-electron chi connectivity index (χ2n) is 5.44. The van der Waals surface area contributed by atoms with Gasteiger partial charge in [-0.05, 0) is 44.8 Å². The predicted octanol–water partition coefficient (Wildman–Crippen LogP) is 0.702. The minimum Gasteiger partial charge on any atom is -0.391 e. The zero-order valence-electron chi connectivity index (χ0n) is 10.8. The van der Waals surface area contributed by atoms with E-state index in [1.165, 1.54) is 38.9 Å². The van der Waals surface area contributed by atoms with Gasteiger partial charge in [0.05, 0.1) is 12.5 Å². The molecule has 0 saturated carbocycles. The average Bonchev–Trinajstić information content (AvgIpc) is 2.61. The second-order valence-corrected chi connectivity index (χ2v) is 5.44. The fraction of sp³-hybridized carbons (Fsp3) is 0.923. The Morgan fingerprint density at radius 2 is 2.06 bits per heavy atom. The summed E-state index contributed by atoms with van der Waals surface area (Å²) in [5, 5.41) is 9.44. The number of hydrogen-bond acceptors (Lipinski definition) is 3. The van der Waals surface area contributed by atoms with Crippen molar-refractivity contribution in [1.29, 1.82) is 0 Å². The number of hydrogen-bond donors (Lipinski definition) is 1. The molecule has 17 heavy (non-hydrogen) atoms. The van der Waals surface area contributed by atoms with Crippen LogP contribution in [0.3, 0.4) is 0 Å². The summed E-state index contributed by atoms with van der Waals surface area (Å²) in [5.41, 5.74) is 0. The summed E-state index contributed by atoms with van der Waals surface area (Å²) in [6, 6.07) is 0. The van der Waals surface area contributed by atoms with E-state index in [-0.39, 0.29) is 5.91 Å². The Morgan fingerprint density at radius 1 is 1.35 bits per heavy atom. The first-order valence-electron chi connectivity index (χ1n) is 6.87. The lowest BCUT2D eigenvalue weighted by Crippen LogP contribution is -2.39. The summed E-state index contributed by atoms with van der Waals surface area (Å²) < 4.78 is 0. The molecule has 0 aromatic rings. The molecule has 2 heterocycles. The van der Waals surface area contributed by atoms with Crippen LogP contribution >= 0.6 is 0 Å². The van der Waals surface area contributed by atoms with Gasteiger partial charge >= 0.3 is 0 Å². The molecule has 4 heteroatoms. The van der Waals surface area contributed by atoms with E-state index in [0.29, 0.717) is 18.9 Å². The summed E-state index contributed by atoms with van der Waals surface area (Å²) in [5.74, 6) is 0.769. The van der Waals surface area contributed by atoms with Crippen LogP contribution in [0.25, 0.3) is 0 Å². The molecule has 0 bridgehead atoms. The zero-order chi connectivity index (χ0) is 12.3. The third-order valence-electron chi connectivity index (χ3n) is 3.92. The van der Waals surface area contributed by atoms with E-state index in [1.807, 2.05) is 4.90 Å². The van der Waals surface area contributed by atoms with Gasteiger partial charge in [-0.3, -0.25) is 4.79 Å². The van der Waals surface area contributed by atoms with Crippen LogP contribution in [-0.2, 0) is 4.79 Å². The molecule has 1 N–H and O–H groups in total. The molecule has 4 nitrogen and oxygen atoms in total. The van der Waals surface area contributed by atoms with Gasteiger partial charge < -0.3 is 14.9 Å². The van der Waals surface area contributed by atoms with Crippen LogP contribution in [0, 0.1) is 5.92 Å². The summed E-state index contributed by atoms with van der Waals surface area (Å²) in [6.45, 7) is 7.17. The monoisotopic (exact) mass is 240 g/mol. The SMILES string of the molecule is CCCN1CCC(CN2CC(O)CC2=O)CC1. The van der Waals surface area contributed by atoms with Crippen molar-refractivity contribution in [3.63, 3.8) is 0 Å². The van der Waals surface area contributed by atoms with Crippen LogP contribution in [0.4, 0.5) is 0 Å². The molecule has 2 saturated heterocycles. The number of rotatable bonds is 4.